The number of aryl methyl sites for hydroxylation is 1. The van der Waals surface area contributed by atoms with Gasteiger partial charge in [0.1, 0.15) is 5.75 Å². The molecule has 3 rings (SSSR count). The molecule has 162 valence electrons. The summed E-state index contributed by atoms with van der Waals surface area (Å²) in [5.74, 6) is 0.826. The lowest BCUT2D eigenvalue weighted by Crippen LogP contribution is -2.36. The van der Waals surface area contributed by atoms with Gasteiger partial charge in [-0.3, -0.25) is 4.79 Å². The Kier molecular flexibility index (Phi) is 6.28. The second-order valence-electron chi connectivity index (χ2n) is 6.70. The summed E-state index contributed by atoms with van der Waals surface area (Å²) in [6, 6.07) is 7.44. The van der Waals surface area contributed by atoms with Crippen LogP contribution in [-0.4, -0.2) is 40.1 Å². The van der Waals surface area contributed by atoms with Gasteiger partial charge in [0.2, 0.25) is 11.7 Å². The van der Waals surface area contributed by atoms with Crippen LogP contribution < -0.4 is 23.8 Å². The lowest BCUT2D eigenvalue weighted by molar-refractivity contribution is -0.274. The smallest absolute Gasteiger partial charge is 0.493 e. The topological polar surface area (TPSA) is 57.2 Å². The van der Waals surface area contributed by atoms with E-state index in [1.54, 1.807) is 17.0 Å². The van der Waals surface area contributed by atoms with Crippen LogP contribution in [0.4, 0.5) is 18.9 Å². The van der Waals surface area contributed by atoms with E-state index >= 15 is 0 Å². The van der Waals surface area contributed by atoms with Crippen LogP contribution in [0.5, 0.6) is 23.0 Å². The zero-order valence-corrected chi connectivity index (χ0v) is 16.8. The molecule has 6 nitrogen and oxygen atoms in total. The van der Waals surface area contributed by atoms with E-state index in [-0.39, 0.29) is 18.1 Å². The van der Waals surface area contributed by atoms with Gasteiger partial charge in [0.15, 0.2) is 11.5 Å². The van der Waals surface area contributed by atoms with E-state index in [1.807, 2.05) is 0 Å². The number of anilines is 1. The lowest BCUT2D eigenvalue weighted by Gasteiger charge is -2.30. The number of halogens is 3. The molecule has 0 saturated carbocycles. The van der Waals surface area contributed by atoms with Crippen LogP contribution in [0.1, 0.15) is 17.5 Å². The quantitative estimate of drug-likeness (QED) is 0.697. The number of carbonyl (C=O) groups excluding carboxylic acids is 1. The van der Waals surface area contributed by atoms with E-state index in [1.165, 1.54) is 39.5 Å². The Hall–Kier alpha value is -3.10. The molecule has 0 aliphatic carbocycles. The van der Waals surface area contributed by atoms with Crippen molar-refractivity contribution in [1.82, 2.24) is 0 Å². The molecule has 0 radical (unpaired) electrons. The number of methoxy groups -OCH3 is 3. The molecule has 30 heavy (non-hydrogen) atoms. The number of alkyl halides is 3. The standard InChI is InChI=1S/C21H22F3NO5/c1-27-17-9-13(10-18(28-2)20(17)29-3)11-19(26)25-8-4-5-14-12-15(6-7-16(14)25)30-21(22,23)24/h6-7,9-10,12H,4-5,8,11H2,1-3H3. The Labute approximate surface area is 172 Å². The molecule has 0 unspecified atom stereocenters. The van der Waals surface area contributed by atoms with Crippen molar-refractivity contribution >= 4 is 11.6 Å². The van der Waals surface area contributed by atoms with Gasteiger partial charge in [0.25, 0.3) is 0 Å². The van der Waals surface area contributed by atoms with Crippen LogP contribution in [0, 0.1) is 0 Å². The molecule has 0 N–H and O–H groups in total. The summed E-state index contributed by atoms with van der Waals surface area (Å²) in [7, 11) is 4.47. The Balaban J connectivity index is 1.84. The van der Waals surface area contributed by atoms with Gasteiger partial charge >= 0.3 is 6.36 Å². The first kappa shape index (κ1) is 21.6. The molecule has 1 aliphatic rings. The number of ether oxygens (including phenoxy) is 4. The molecule has 1 heterocycles. The first-order chi connectivity index (χ1) is 14.3. The molecule has 9 heteroatoms. The van der Waals surface area contributed by atoms with Gasteiger partial charge in [-0.1, -0.05) is 0 Å². The van der Waals surface area contributed by atoms with E-state index in [0.717, 1.165) is 0 Å². The second-order valence-corrected chi connectivity index (χ2v) is 6.70. The zero-order chi connectivity index (χ0) is 21.9. The summed E-state index contributed by atoms with van der Waals surface area (Å²) in [4.78, 5) is 14.6. The normalized spacial score (nSPS) is 13.5. The zero-order valence-electron chi connectivity index (χ0n) is 16.8. The minimum atomic E-state index is -4.76. The summed E-state index contributed by atoms with van der Waals surface area (Å²) in [5.41, 5.74) is 1.90. The molecular formula is C21H22F3NO5. The number of carbonyl (C=O) groups is 1. The van der Waals surface area contributed by atoms with E-state index in [4.69, 9.17) is 14.2 Å². The van der Waals surface area contributed by atoms with Crippen LogP contribution >= 0.6 is 0 Å². The summed E-state index contributed by atoms with van der Waals surface area (Å²) in [6.45, 7) is 0.482. The van der Waals surface area contributed by atoms with Gasteiger partial charge in [-0.05, 0) is 54.3 Å². The van der Waals surface area contributed by atoms with Gasteiger partial charge in [-0.2, -0.15) is 0 Å². The average molecular weight is 425 g/mol. The summed E-state index contributed by atoms with van der Waals surface area (Å²) in [5, 5.41) is 0. The summed E-state index contributed by atoms with van der Waals surface area (Å²) < 4.78 is 57.4. The molecule has 0 atom stereocenters. The fourth-order valence-electron chi connectivity index (χ4n) is 3.54. The molecule has 1 aliphatic heterocycles. The van der Waals surface area contributed by atoms with Gasteiger partial charge in [-0.15, -0.1) is 13.2 Å². The van der Waals surface area contributed by atoms with Crippen molar-refractivity contribution in [3.05, 3.63) is 41.5 Å². The third-order valence-corrected chi connectivity index (χ3v) is 4.78. The number of amides is 1. The van der Waals surface area contributed by atoms with Crippen LogP contribution in [0.15, 0.2) is 30.3 Å². The third kappa shape index (κ3) is 4.72. The predicted octanol–water partition coefficient (Wildman–Crippen LogP) is 4.13. The van der Waals surface area contributed by atoms with Crippen LogP contribution in [-0.2, 0) is 17.6 Å². The Morgan fingerprint density at radius 1 is 1.03 bits per heavy atom. The van der Waals surface area contributed by atoms with E-state index in [9.17, 15) is 18.0 Å². The van der Waals surface area contributed by atoms with Gasteiger partial charge in [0.05, 0.1) is 27.8 Å². The monoisotopic (exact) mass is 425 g/mol. The first-order valence-electron chi connectivity index (χ1n) is 9.23. The van der Waals surface area contributed by atoms with Crippen LogP contribution in [0.3, 0.4) is 0 Å². The molecular weight excluding hydrogens is 403 g/mol. The highest BCUT2D eigenvalue weighted by Gasteiger charge is 2.32. The number of hydrogen-bond acceptors (Lipinski definition) is 5. The van der Waals surface area contributed by atoms with E-state index in [0.29, 0.717) is 53.4 Å². The molecule has 0 aromatic heterocycles. The van der Waals surface area contributed by atoms with Crippen LogP contribution in [0.25, 0.3) is 0 Å². The molecule has 0 spiro atoms. The number of hydrogen-bond donors (Lipinski definition) is 0. The van der Waals surface area contributed by atoms with Gasteiger partial charge < -0.3 is 23.8 Å². The molecule has 0 fully saturated rings. The highest BCUT2D eigenvalue weighted by molar-refractivity contribution is 5.96. The van der Waals surface area contributed by atoms with E-state index in [2.05, 4.69) is 4.74 Å². The fourth-order valence-corrected chi connectivity index (χ4v) is 3.54. The van der Waals surface area contributed by atoms with Crippen molar-refractivity contribution in [2.24, 2.45) is 0 Å². The molecule has 0 saturated heterocycles. The van der Waals surface area contributed by atoms with Crippen LogP contribution in [0.2, 0.25) is 0 Å². The van der Waals surface area contributed by atoms with Crippen molar-refractivity contribution in [2.45, 2.75) is 25.6 Å². The second kappa shape index (κ2) is 8.73. The number of rotatable bonds is 6. The van der Waals surface area contributed by atoms with Crippen molar-refractivity contribution in [3.63, 3.8) is 0 Å². The van der Waals surface area contributed by atoms with Gasteiger partial charge in [-0.25, -0.2) is 0 Å². The first-order valence-corrected chi connectivity index (χ1v) is 9.23. The molecule has 2 aromatic rings. The summed E-state index contributed by atoms with van der Waals surface area (Å²) >= 11 is 0. The maximum absolute atomic E-state index is 13.0. The Bertz CT molecular complexity index is 904. The highest BCUT2D eigenvalue weighted by Crippen LogP contribution is 2.39. The van der Waals surface area contributed by atoms with Crippen molar-refractivity contribution in [1.29, 1.82) is 0 Å². The van der Waals surface area contributed by atoms with Crippen molar-refractivity contribution in [3.8, 4) is 23.0 Å². The Morgan fingerprint density at radius 2 is 1.70 bits per heavy atom. The number of nitrogens with zero attached hydrogens (tertiary/aromatic N) is 1. The lowest BCUT2D eigenvalue weighted by atomic mass is 10.00. The van der Waals surface area contributed by atoms with E-state index < -0.39 is 6.36 Å². The molecule has 1 amide bonds. The minimum Gasteiger partial charge on any atom is -0.493 e. The van der Waals surface area contributed by atoms with Crippen molar-refractivity contribution in [2.75, 3.05) is 32.8 Å². The number of fused-ring (bicyclic) bond motifs is 1. The SMILES string of the molecule is COc1cc(CC(=O)N2CCCc3cc(OC(F)(F)F)ccc32)cc(OC)c1OC. The van der Waals surface area contributed by atoms with Gasteiger partial charge in [0, 0.05) is 12.2 Å². The third-order valence-electron chi connectivity index (χ3n) is 4.78. The average Bonchev–Trinajstić information content (AvgIpc) is 2.71. The predicted molar refractivity (Wildman–Crippen MR) is 104 cm³/mol. The Morgan fingerprint density at radius 3 is 2.27 bits per heavy atom. The maximum Gasteiger partial charge on any atom is 0.573 e. The maximum atomic E-state index is 13.0. The summed E-state index contributed by atoms with van der Waals surface area (Å²) in [6.07, 6.45) is -3.48. The highest BCUT2D eigenvalue weighted by atomic mass is 19.4. The largest absolute Gasteiger partial charge is 0.573 e. The van der Waals surface area contributed by atoms with Crippen molar-refractivity contribution < 1.29 is 36.9 Å². The number of benzene rings is 2. The molecule has 2 aromatic carbocycles. The fraction of sp³-hybridized carbons (Fsp3) is 0.381. The minimum absolute atomic E-state index is 0.0664. The molecule has 0 bridgehead atoms.